The van der Waals surface area contributed by atoms with E-state index < -0.39 is 104 Å². The van der Waals surface area contributed by atoms with Gasteiger partial charge in [-0.3, -0.25) is 9.69 Å². The zero-order valence-corrected chi connectivity index (χ0v) is 44.5. The summed E-state index contributed by atoms with van der Waals surface area (Å²) in [4.78, 5) is 92.6. The Morgan fingerprint density at radius 2 is 1.24 bits per heavy atom. The van der Waals surface area contributed by atoms with E-state index in [4.69, 9.17) is 28.4 Å². The number of likely N-dealkylation sites (tertiary alicyclic amines) is 1. The summed E-state index contributed by atoms with van der Waals surface area (Å²) in [6.45, 7) is 20.8. The van der Waals surface area contributed by atoms with Crippen LogP contribution < -0.4 is 10.2 Å². The maximum absolute atomic E-state index is 15.3. The summed E-state index contributed by atoms with van der Waals surface area (Å²) in [7, 11) is -5.29. The van der Waals surface area contributed by atoms with Crippen molar-refractivity contribution >= 4 is 52.0 Å². The van der Waals surface area contributed by atoms with Crippen molar-refractivity contribution < 1.29 is 65.6 Å². The molecule has 4 rings (SSSR count). The third kappa shape index (κ3) is 15.9. The number of hydrogen-bond donors (Lipinski definition) is 1. The number of pyridine rings is 1. The molecule has 20 heteroatoms. The fourth-order valence-electron chi connectivity index (χ4n) is 7.58. The lowest BCUT2D eigenvalue weighted by atomic mass is 9.98. The van der Waals surface area contributed by atoms with Crippen molar-refractivity contribution in [3.8, 4) is 0 Å². The van der Waals surface area contributed by atoms with Gasteiger partial charge in [-0.05, 0) is 139 Å². The van der Waals surface area contributed by atoms with E-state index in [0.29, 0.717) is 5.56 Å². The lowest BCUT2D eigenvalue weighted by Gasteiger charge is -2.41. The Morgan fingerprint density at radius 1 is 0.718 bits per heavy atom. The number of nitrogens with zero attached hydrogens (tertiary/aromatic N) is 4. The highest BCUT2D eigenvalue weighted by atomic mass is 32.2. The number of rotatable bonds is 15. The highest BCUT2D eigenvalue weighted by molar-refractivity contribution is 7.89. The van der Waals surface area contributed by atoms with Crippen molar-refractivity contribution in [2.75, 3.05) is 31.1 Å². The Hall–Kier alpha value is -6.28. The Balaban J connectivity index is 1.76. The first-order valence-corrected chi connectivity index (χ1v) is 24.7. The number of benzene rings is 2. The van der Waals surface area contributed by atoms with Crippen LogP contribution in [0.1, 0.15) is 112 Å². The van der Waals surface area contributed by atoms with Crippen molar-refractivity contribution in [1.82, 2.24) is 19.5 Å². The fourth-order valence-corrected chi connectivity index (χ4v) is 9.56. The third-order valence-corrected chi connectivity index (χ3v) is 12.3. The second-order valence-electron chi connectivity index (χ2n) is 21.4. The van der Waals surface area contributed by atoms with Crippen LogP contribution in [-0.2, 0) is 59.4 Å². The Morgan fingerprint density at radius 3 is 1.75 bits per heavy atom. The summed E-state index contributed by atoms with van der Waals surface area (Å²) >= 11 is 0. The molecule has 2 aromatic carbocycles. The van der Waals surface area contributed by atoms with Crippen molar-refractivity contribution in [2.24, 2.45) is 0 Å². The van der Waals surface area contributed by atoms with Gasteiger partial charge in [0.2, 0.25) is 5.91 Å². The maximum atomic E-state index is 15.3. The molecule has 1 saturated heterocycles. The Bertz CT molecular complexity index is 2460. The molecule has 0 aliphatic carbocycles. The molecule has 390 valence electrons. The molecule has 2 heterocycles. The molecule has 2 atom stereocenters. The predicted octanol–water partition coefficient (Wildman–Crippen LogP) is 7.71. The first-order chi connectivity index (χ1) is 32.6. The Kier molecular flexibility index (Phi) is 18.1. The summed E-state index contributed by atoms with van der Waals surface area (Å²) in [6.07, 6.45) is -2.40. The van der Waals surface area contributed by atoms with Crippen LogP contribution in [-0.4, -0.2) is 125 Å². The quantitative estimate of drug-likeness (QED) is 0.0874. The van der Waals surface area contributed by atoms with E-state index in [9.17, 15) is 28.8 Å². The van der Waals surface area contributed by atoms with Gasteiger partial charge in [-0.15, -0.1) is 0 Å². The second kappa shape index (κ2) is 22.4. The minimum absolute atomic E-state index is 0.0116. The first kappa shape index (κ1) is 57.3. The molecule has 19 nitrogen and oxygen atoms in total. The largest absolute Gasteiger partial charge is 0.458 e. The van der Waals surface area contributed by atoms with Crippen molar-refractivity contribution in [3.05, 3.63) is 89.1 Å². The zero-order valence-electron chi connectivity index (χ0n) is 43.7. The minimum Gasteiger partial charge on any atom is -0.458 e. The number of anilines is 1. The van der Waals surface area contributed by atoms with E-state index in [-0.39, 0.29) is 47.4 Å². The highest BCUT2D eigenvalue weighted by Gasteiger charge is 2.64. The number of ether oxygens (including phenoxy) is 6. The first-order valence-electron chi connectivity index (χ1n) is 23.2. The molecule has 0 unspecified atom stereocenters. The van der Waals surface area contributed by atoms with E-state index >= 15 is 8.42 Å². The Labute approximate surface area is 417 Å². The molecule has 0 spiro atoms. The zero-order chi connectivity index (χ0) is 53.5. The second-order valence-corrected chi connectivity index (χ2v) is 23.1. The van der Waals surface area contributed by atoms with Gasteiger partial charge in [0.1, 0.15) is 41.4 Å². The smallest absolute Gasteiger partial charge is 0.426 e. The number of esters is 2. The molecule has 0 bridgehead atoms. The van der Waals surface area contributed by atoms with Crippen LogP contribution in [0, 0.1) is 20.8 Å². The van der Waals surface area contributed by atoms with E-state index in [1.165, 1.54) is 92.2 Å². The van der Waals surface area contributed by atoms with Gasteiger partial charge in [0.15, 0.2) is 0 Å². The summed E-state index contributed by atoms with van der Waals surface area (Å²) in [5.41, 5.74) is -6.57. The number of aryl methyl sites for hydroxylation is 3. The number of carbonyl (C=O) groups is 6. The topological polar surface area (TPSA) is 227 Å². The molecule has 1 aliphatic heterocycles. The summed E-state index contributed by atoms with van der Waals surface area (Å²) < 4.78 is 65.2. The molecule has 1 fully saturated rings. The van der Waals surface area contributed by atoms with E-state index in [1.807, 2.05) is 6.07 Å². The average Bonchev–Trinajstić information content (AvgIpc) is 3.62. The van der Waals surface area contributed by atoms with Gasteiger partial charge < -0.3 is 38.6 Å². The molecular weight excluding hydrogens is 939 g/mol. The van der Waals surface area contributed by atoms with Crippen LogP contribution in [0.3, 0.4) is 0 Å². The van der Waals surface area contributed by atoms with Crippen molar-refractivity contribution in [1.29, 1.82) is 0 Å². The van der Waals surface area contributed by atoms with Crippen molar-refractivity contribution in [2.45, 2.75) is 162 Å². The van der Waals surface area contributed by atoms with Crippen molar-refractivity contribution in [3.63, 3.8) is 0 Å². The summed E-state index contributed by atoms with van der Waals surface area (Å²) in [5.74, 6) is -3.83. The van der Waals surface area contributed by atoms with Gasteiger partial charge in [0.25, 0.3) is 15.6 Å². The number of nitrogens with one attached hydrogen (secondary N) is 1. The van der Waals surface area contributed by atoms with E-state index in [1.54, 1.807) is 82.3 Å². The van der Waals surface area contributed by atoms with Crippen LogP contribution in [0.4, 0.5) is 20.2 Å². The monoisotopic (exact) mass is 1010 g/mol. The molecule has 1 aromatic heterocycles. The fraction of sp³-hybridized carbons (Fsp3) is 0.549. The lowest BCUT2D eigenvalue weighted by Crippen LogP contribution is -2.71. The van der Waals surface area contributed by atoms with Gasteiger partial charge in [0.05, 0.1) is 36.7 Å². The molecule has 71 heavy (non-hydrogen) atoms. The highest BCUT2D eigenvalue weighted by Crippen LogP contribution is 2.36. The van der Waals surface area contributed by atoms with Crippen LogP contribution in [0.15, 0.2) is 71.8 Å². The summed E-state index contributed by atoms with van der Waals surface area (Å²) in [6, 6.07) is 16.3. The lowest BCUT2D eigenvalue weighted by molar-refractivity contribution is -0.183. The van der Waals surface area contributed by atoms with Crippen LogP contribution in [0.2, 0.25) is 0 Å². The number of sulfonamides is 1. The molecule has 1 aliphatic rings. The molecular formula is C51H71N5O14S. The van der Waals surface area contributed by atoms with Gasteiger partial charge >= 0.3 is 30.2 Å². The number of aromatic nitrogens is 1. The van der Waals surface area contributed by atoms with Gasteiger partial charge in [-0.1, -0.05) is 54.1 Å². The maximum Gasteiger partial charge on any atom is 0.426 e. The van der Waals surface area contributed by atoms with E-state index in [0.717, 1.165) is 5.56 Å². The molecule has 0 radical (unpaired) electrons. The van der Waals surface area contributed by atoms with Gasteiger partial charge in [-0.25, -0.2) is 37.4 Å². The summed E-state index contributed by atoms with van der Waals surface area (Å²) in [5, 5.41) is 2.45. The number of amides is 4. The van der Waals surface area contributed by atoms with Gasteiger partial charge in [-0.2, -0.15) is 4.31 Å². The normalized spacial score (nSPS) is 15.6. The number of carbonyl (C=O) groups excluding carboxylic acids is 6. The average molecular weight is 1010 g/mol. The van der Waals surface area contributed by atoms with Crippen LogP contribution in [0.5, 0.6) is 0 Å². The van der Waals surface area contributed by atoms with Gasteiger partial charge in [0, 0.05) is 6.20 Å². The molecule has 3 aromatic rings. The molecule has 4 amide bonds. The minimum atomic E-state index is -5.29. The molecule has 0 saturated carbocycles. The predicted molar refractivity (Wildman–Crippen MR) is 263 cm³/mol. The third-order valence-electron chi connectivity index (χ3n) is 10.2. The van der Waals surface area contributed by atoms with Crippen LogP contribution >= 0.6 is 0 Å². The van der Waals surface area contributed by atoms with Crippen LogP contribution in [0.25, 0.3) is 0 Å². The van der Waals surface area contributed by atoms with E-state index in [2.05, 4.69) is 10.3 Å². The number of hydrogen-bond acceptors (Lipinski definition) is 15. The molecule has 1 N–H and O–H groups in total. The standard InChI is InChI=1S/C51H71N5O14S/c1-33-25-34(2)41(35(3)26-33)71(63,64)56(46(62)70-50(13,14)15)51(42(58)67-47(4,5)6,43(59)68-48(7,8)9)32-53-40(57)31-65-38-27-37(54(29-38)44(60)66-30-36-21-17-16-18-22-36)28-55(39-23-19-20-24-52-39)45(61)69-49(10,11)12/h16-26,37-38H,27-32H2,1-15H3,(H,53,57)/t37-,38-/m0/s1. The SMILES string of the molecule is Cc1cc(C)c(S(=O)(=O)N(C(=O)OC(C)(C)C)C(CNC(=O)CO[C@H]2C[C@@H](CN(C(=O)OC(C)(C)C)c3ccccn3)N(C(=O)OCc3ccccc3)C2)(C(=O)OC(C)(C)C)C(=O)OC(C)(C)C)c(C)c1.